The van der Waals surface area contributed by atoms with E-state index < -0.39 is 11.9 Å². The number of halogens is 1. The molecule has 0 saturated heterocycles. The monoisotopic (exact) mass is 279 g/mol. The number of aliphatic carboxylic acids is 1. The van der Waals surface area contributed by atoms with Crippen molar-refractivity contribution in [2.24, 2.45) is 11.8 Å². The normalized spacial score (nSPS) is 21.7. The Bertz CT molecular complexity index is 518. The van der Waals surface area contributed by atoms with Crippen molar-refractivity contribution >= 4 is 11.9 Å². The smallest absolute Gasteiger partial charge is 0.306 e. The van der Waals surface area contributed by atoms with Gasteiger partial charge in [-0.1, -0.05) is 18.2 Å². The second-order valence-corrected chi connectivity index (χ2v) is 5.33. The Morgan fingerprint density at radius 3 is 2.55 bits per heavy atom. The number of carbonyl (C=O) groups excluding carboxylic acids is 1. The van der Waals surface area contributed by atoms with Crippen molar-refractivity contribution in [2.45, 2.75) is 25.8 Å². The third-order valence-corrected chi connectivity index (χ3v) is 3.87. The van der Waals surface area contributed by atoms with Crippen molar-refractivity contribution in [3.8, 4) is 0 Å². The minimum atomic E-state index is -0.836. The van der Waals surface area contributed by atoms with Gasteiger partial charge in [0.05, 0.1) is 5.92 Å². The summed E-state index contributed by atoms with van der Waals surface area (Å²) in [6.45, 7) is 0.208. The van der Waals surface area contributed by atoms with Crippen LogP contribution in [0.15, 0.2) is 24.3 Å². The molecule has 20 heavy (non-hydrogen) atoms. The van der Waals surface area contributed by atoms with Crippen molar-refractivity contribution in [1.29, 1.82) is 0 Å². The van der Waals surface area contributed by atoms with Crippen LogP contribution in [0.3, 0.4) is 0 Å². The molecule has 0 heterocycles. The standard InChI is InChI=1S/C15H18FNO3/c1-17(9-12-4-2-3-5-13(12)16)14(18)10-6-7-11(8-10)15(19)20/h2-5,10-11H,6-9H2,1H3,(H,19,20). The lowest BCUT2D eigenvalue weighted by molar-refractivity contribution is -0.141. The number of hydrogen-bond acceptors (Lipinski definition) is 2. The summed E-state index contributed by atoms with van der Waals surface area (Å²) in [6.07, 6.45) is 1.52. The number of benzene rings is 1. The van der Waals surface area contributed by atoms with Crippen LogP contribution in [0.5, 0.6) is 0 Å². The number of nitrogens with zero attached hydrogens (tertiary/aromatic N) is 1. The van der Waals surface area contributed by atoms with Crippen LogP contribution in [0.1, 0.15) is 24.8 Å². The van der Waals surface area contributed by atoms with Gasteiger partial charge in [0.25, 0.3) is 0 Å². The number of amides is 1. The van der Waals surface area contributed by atoms with E-state index in [0.29, 0.717) is 24.8 Å². The highest BCUT2D eigenvalue weighted by Crippen LogP contribution is 2.32. The molecule has 108 valence electrons. The predicted molar refractivity (Wildman–Crippen MR) is 71.3 cm³/mol. The van der Waals surface area contributed by atoms with E-state index in [1.165, 1.54) is 11.0 Å². The number of carboxylic acid groups (broad SMARTS) is 1. The molecule has 1 aromatic rings. The molecular weight excluding hydrogens is 261 g/mol. The van der Waals surface area contributed by atoms with Gasteiger partial charge in [-0.2, -0.15) is 0 Å². The highest BCUT2D eigenvalue weighted by atomic mass is 19.1. The van der Waals surface area contributed by atoms with E-state index in [0.717, 1.165) is 0 Å². The van der Waals surface area contributed by atoms with Gasteiger partial charge >= 0.3 is 5.97 Å². The topological polar surface area (TPSA) is 57.6 Å². The molecule has 2 atom stereocenters. The maximum Gasteiger partial charge on any atom is 0.306 e. The fraction of sp³-hybridized carbons (Fsp3) is 0.467. The molecule has 4 nitrogen and oxygen atoms in total. The number of rotatable bonds is 4. The molecule has 5 heteroatoms. The van der Waals surface area contributed by atoms with Gasteiger partial charge in [-0.25, -0.2) is 4.39 Å². The molecule has 0 bridgehead atoms. The van der Waals surface area contributed by atoms with E-state index in [1.807, 2.05) is 0 Å². The largest absolute Gasteiger partial charge is 0.481 e. The first-order valence-corrected chi connectivity index (χ1v) is 6.70. The van der Waals surface area contributed by atoms with Crippen molar-refractivity contribution < 1.29 is 19.1 Å². The summed E-state index contributed by atoms with van der Waals surface area (Å²) in [5, 5.41) is 8.95. The molecule has 1 aliphatic rings. The Labute approximate surface area is 117 Å². The van der Waals surface area contributed by atoms with E-state index in [-0.39, 0.29) is 24.2 Å². The number of carboxylic acids is 1. The van der Waals surface area contributed by atoms with Crippen LogP contribution in [-0.2, 0) is 16.1 Å². The molecule has 2 unspecified atom stereocenters. The van der Waals surface area contributed by atoms with Gasteiger partial charge in [-0.05, 0) is 25.3 Å². The van der Waals surface area contributed by atoms with Crippen LogP contribution >= 0.6 is 0 Å². The first kappa shape index (κ1) is 14.5. The fourth-order valence-corrected chi connectivity index (χ4v) is 2.70. The van der Waals surface area contributed by atoms with E-state index in [1.54, 1.807) is 25.2 Å². The molecule has 0 aliphatic heterocycles. The first-order valence-electron chi connectivity index (χ1n) is 6.70. The van der Waals surface area contributed by atoms with Gasteiger partial charge in [0.1, 0.15) is 5.82 Å². The predicted octanol–water partition coefficient (Wildman–Crippen LogP) is 2.29. The van der Waals surface area contributed by atoms with Crippen LogP contribution in [0.25, 0.3) is 0 Å². The Hall–Kier alpha value is -1.91. The molecular formula is C15H18FNO3. The van der Waals surface area contributed by atoms with Gasteiger partial charge in [-0.3, -0.25) is 9.59 Å². The lowest BCUT2D eigenvalue weighted by Gasteiger charge is -2.21. The van der Waals surface area contributed by atoms with Crippen molar-refractivity contribution in [3.05, 3.63) is 35.6 Å². The summed E-state index contributed by atoms with van der Waals surface area (Å²) >= 11 is 0. The van der Waals surface area contributed by atoms with Crippen LogP contribution in [-0.4, -0.2) is 28.9 Å². The summed E-state index contributed by atoms with van der Waals surface area (Å²) < 4.78 is 13.5. The van der Waals surface area contributed by atoms with Crippen LogP contribution < -0.4 is 0 Å². The van der Waals surface area contributed by atoms with Gasteiger partial charge in [0.15, 0.2) is 0 Å². The van der Waals surface area contributed by atoms with E-state index in [2.05, 4.69) is 0 Å². The van der Waals surface area contributed by atoms with E-state index >= 15 is 0 Å². The second kappa shape index (κ2) is 6.03. The molecule has 1 aromatic carbocycles. The second-order valence-electron chi connectivity index (χ2n) is 5.33. The van der Waals surface area contributed by atoms with Gasteiger partial charge in [-0.15, -0.1) is 0 Å². The van der Waals surface area contributed by atoms with Gasteiger partial charge < -0.3 is 10.0 Å². The zero-order chi connectivity index (χ0) is 14.7. The summed E-state index contributed by atoms with van der Waals surface area (Å²) in [5.41, 5.74) is 0.469. The zero-order valence-corrected chi connectivity index (χ0v) is 11.4. The van der Waals surface area contributed by atoms with Crippen LogP contribution in [0, 0.1) is 17.7 Å². The Kier molecular flexibility index (Phi) is 4.37. The maximum absolute atomic E-state index is 13.5. The van der Waals surface area contributed by atoms with E-state index in [9.17, 15) is 14.0 Å². The maximum atomic E-state index is 13.5. The van der Waals surface area contributed by atoms with Crippen molar-refractivity contribution in [1.82, 2.24) is 4.90 Å². The third-order valence-electron chi connectivity index (χ3n) is 3.87. The quantitative estimate of drug-likeness (QED) is 0.920. The molecule has 0 radical (unpaired) electrons. The highest BCUT2D eigenvalue weighted by Gasteiger charge is 2.35. The molecule has 0 aromatic heterocycles. The van der Waals surface area contributed by atoms with Crippen molar-refractivity contribution in [3.63, 3.8) is 0 Å². The van der Waals surface area contributed by atoms with Gasteiger partial charge in [0.2, 0.25) is 5.91 Å². The summed E-state index contributed by atoms with van der Waals surface area (Å²) in [6, 6.07) is 6.35. The zero-order valence-electron chi connectivity index (χ0n) is 11.4. The average molecular weight is 279 g/mol. The van der Waals surface area contributed by atoms with Crippen LogP contribution in [0.2, 0.25) is 0 Å². The third kappa shape index (κ3) is 3.15. The minimum absolute atomic E-state index is 0.1000. The summed E-state index contributed by atoms with van der Waals surface area (Å²) in [7, 11) is 1.63. The first-order chi connectivity index (χ1) is 9.49. The molecule has 1 saturated carbocycles. The summed E-state index contributed by atoms with van der Waals surface area (Å²) in [5.74, 6) is -1.95. The Morgan fingerprint density at radius 2 is 1.95 bits per heavy atom. The molecule has 1 N–H and O–H groups in total. The fourth-order valence-electron chi connectivity index (χ4n) is 2.70. The Morgan fingerprint density at radius 1 is 1.30 bits per heavy atom. The molecule has 0 spiro atoms. The highest BCUT2D eigenvalue weighted by molar-refractivity contribution is 5.80. The van der Waals surface area contributed by atoms with Crippen molar-refractivity contribution in [2.75, 3.05) is 7.05 Å². The number of hydrogen-bond donors (Lipinski definition) is 1. The average Bonchev–Trinajstić information content (AvgIpc) is 2.90. The lowest BCUT2D eigenvalue weighted by Crippen LogP contribution is -2.32. The number of carbonyl (C=O) groups is 2. The summed E-state index contributed by atoms with van der Waals surface area (Å²) in [4.78, 5) is 24.6. The molecule has 1 fully saturated rings. The molecule has 1 aliphatic carbocycles. The minimum Gasteiger partial charge on any atom is -0.481 e. The van der Waals surface area contributed by atoms with Crippen LogP contribution in [0.4, 0.5) is 4.39 Å². The van der Waals surface area contributed by atoms with E-state index in [4.69, 9.17) is 5.11 Å². The molecule has 1 amide bonds. The lowest BCUT2D eigenvalue weighted by atomic mass is 10.0. The Balaban J connectivity index is 1.96. The van der Waals surface area contributed by atoms with Gasteiger partial charge in [0, 0.05) is 25.1 Å². The SMILES string of the molecule is CN(Cc1ccccc1F)C(=O)C1CCC(C(=O)O)C1. The molecule has 2 rings (SSSR count).